The van der Waals surface area contributed by atoms with Gasteiger partial charge in [-0.3, -0.25) is 0 Å². The van der Waals surface area contributed by atoms with E-state index in [4.69, 9.17) is 20.8 Å². The van der Waals surface area contributed by atoms with Crippen LogP contribution in [0.1, 0.15) is 30.0 Å². The van der Waals surface area contributed by atoms with Crippen LogP contribution in [0.5, 0.6) is 0 Å². The van der Waals surface area contributed by atoms with Crippen molar-refractivity contribution < 1.29 is 13.9 Å². The van der Waals surface area contributed by atoms with Gasteiger partial charge in [-0.2, -0.15) is 0 Å². The second-order valence-corrected chi connectivity index (χ2v) is 6.15. The Hall–Kier alpha value is -2.92. The van der Waals surface area contributed by atoms with Crippen LogP contribution in [0.15, 0.2) is 59.0 Å². The summed E-state index contributed by atoms with van der Waals surface area (Å²) in [4.78, 5) is 12.0. The Bertz CT molecular complexity index is 932. The average Bonchev–Trinajstić information content (AvgIpc) is 3.12. The summed E-state index contributed by atoms with van der Waals surface area (Å²) < 4.78 is 10.9. The predicted octanol–water partition coefficient (Wildman–Crippen LogP) is 5.02. The molecule has 1 atom stereocenters. The third-order valence-electron chi connectivity index (χ3n) is 3.68. The first kappa shape index (κ1) is 17.9. The fourth-order valence-electron chi connectivity index (χ4n) is 2.24. The van der Waals surface area contributed by atoms with E-state index in [1.165, 1.54) is 6.08 Å². The highest BCUT2D eigenvalue weighted by Crippen LogP contribution is 2.23. The molecule has 1 heterocycles. The molecule has 0 unspecified atom stereocenters. The van der Waals surface area contributed by atoms with E-state index in [2.05, 4.69) is 10.2 Å². The molecule has 2 aromatic carbocycles. The predicted molar refractivity (Wildman–Crippen MR) is 99.5 cm³/mol. The number of aromatic nitrogens is 2. The third-order valence-corrected chi connectivity index (χ3v) is 4.03. The number of nitrogens with zero attached hydrogens (tertiary/aromatic N) is 2. The summed E-state index contributed by atoms with van der Waals surface area (Å²) in [6.45, 7) is 3.67. The normalized spacial score (nSPS) is 12.3. The van der Waals surface area contributed by atoms with Crippen LogP contribution in [0, 0.1) is 6.92 Å². The van der Waals surface area contributed by atoms with Gasteiger partial charge in [0.15, 0.2) is 6.10 Å². The second kappa shape index (κ2) is 7.97. The van der Waals surface area contributed by atoms with E-state index in [9.17, 15) is 4.79 Å². The van der Waals surface area contributed by atoms with Crippen LogP contribution in [0.25, 0.3) is 17.5 Å². The number of hydrogen-bond donors (Lipinski definition) is 0. The fraction of sp³-hybridized carbons (Fsp3) is 0.150. The quantitative estimate of drug-likeness (QED) is 0.467. The topological polar surface area (TPSA) is 65.2 Å². The van der Waals surface area contributed by atoms with Crippen molar-refractivity contribution in [2.24, 2.45) is 0 Å². The smallest absolute Gasteiger partial charge is 0.331 e. The van der Waals surface area contributed by atoms with Crippen molar-refractivity contribution in [1.82, 2.24) is 10.2 Å². The third kappa shape index (κ3) is 4.37. The number of hydrogen-bond acceptors (Lipinski definition) is 5. The van der Waals surface area contributed by atoms with Crippen LogP contribution < -0.4 is 0 Å². The minimum Gasteiger partial charge on any atom is -0.449 e. The summed E-state index contributed by atoms with van der Waals surface area (Å²) >= 11 is 6.04. The van der Waals surface area contributed by atoms with Crippen molar-refractivity contribution >= 4 is 23.6 Å². The zero-order valence-electron chi connectivity index (χ0n) is 14.3. The first-order valence-corrected chi connectivity index (χ1v) is 8.44. The molecule has 6 heteroatoms. The maximum atomic E-state index is 12.0. The molecule has 1 aromatic heterocycles. The van der Waals surface area contributed by atoms with E-state index in [1.807, 2.05) is 43.3 Å². The molecule has 3 rings (SSSR count). The zero-order valence-corrected chi connectivity index (χ0v) is 15.1. The molecule has 0 aliphatic rings. The Morgan fingerprint density at radius 2 is 1.88 bits per heavy atom. The Morgan fingerprint density at radius 3 is 2.62 bits per heavy atom. The van der Waals surface area contributed by atoms with Crippen molar-refractivity contribution in [3.8, 4) is 11.5 Å². The van der Waals surface area contributed by atoms with Gasteiger partial charge >= 0.3 is 5.97 Å². The SMILES string of the molecule is Cc1ccc(-c2nnc([C@@H](C)OC(=O)/C=C/c3ccccc3Cl)o2)cc1. The average molecular weight is 369 g/mol. The largest absolute Gasteiger partial charge is 0.449 e. The Labute approximate surface area is 156 Å². The van der Waals surface area contributed by atoms with Crippen molar-refractivity contribution in [3.63, 3.8) is 0 Å². The molecule has 0 bridgehead atoms. The molecule has 26 heavy (non-hydrogen) atoms. The first-order valence-electron chi connectivity index (χ1n) is 8.06. The lowest BCUT2D eigenvalue weighted by Crippen LogP contribution is -2.06. The van der Waals surface area contributed by atoms with Crippen molar-refractivity contribution in [3.05, 3.63) is 76.6 Å². The van der Waals surface area contributed by atoms with Gasteiger partial charge < -0.3 is 9.15 Å². The van der Waals surface area contributed by atoms with Gasteiger partial charge in [-0.05, 0) is 43.7 Å². The maximum absolute atomic E-state index is 12.0. The van der Waals surface area contributed by atoms with Crippen molar-refractivity contribution in [2.75, 3.05) is 0 Å². The number of halogens is 1. The molecule has 0 fully saturated rings. The summed E-state index contributed by atoms with van der Waals surface area (Å²) in [5.74, 6) is 0.0992. The number of esters is 1. The lowest BCUT2D eigenvalue weighted by atomic mass is 10.1. The van der Waals surface area contributed by atoms with Gasteiger partial charge in [0.2, 0.25) is 5.89 Å². The lowest BCUT2D eigenvalue weighted by Gasteiger charge is -2.06. The summed E-state index contributed by atoms with van der Waals surface area (Å²) in [5, 5.41) is 8.53. The van der Waals surface area contributed by atoms with Gasteiger partial charge in [-0.1, -0.05) is 47.5 Å². The molecule has 0 aliphatic heterocycles. The number of carbonyl (C=O) groups excluding carboxylic acids is 1. The van der Waals surface area contributed by atoms with Crippen LogP contribution in [-0.4, -0.2) is 16.2 Å². The Kier molecular flexibility index (Phi) is 5.49. The zero-order chi connectivity index (χ0) is 18.5. The van der Waals surface area contributed by atoms with Crippen molar-refractivity contribution in [1.29, 1.82) is 0 Å². The van der Waals surface area contributed by atoms with Crippen molar-refractivity contribution in [2.45, 2.75) is 20.0 Å². The maximum Gasteiger partial charge on any atom is 0.331 e. The molecule has 0 N–H and O–H groups in total. The molecule has 5 nitrogen and oxygen atoms in total. The van der Waals surface area contributed by atoms with Crippen LogP contribution in [-0.2, 0) is 9.53 Å². The van der Waals surface area contributed by atoms with E-state index >= 15 is 0 Å². The van der Waals surface area contributed by atoms with Gasteiger partial charge in [-0.15, -0.1) is 10.2 Å². The summed E-state index contributed by atoms with van der Waals surface area (Å²) in [7, 11) is 0. The minimum atomic E-state index is -0.662. The molecule has 0 amide bonds. The van der Waals surface area contributed by atoms with Gasteiger partial charge in [0.05, 0.1) is 0 Å². The molecule has 132 valence electrons. The second-order valence-electron chi connectivity index (χ2n) is 5.75. The van der Waals surface area contributed by atoms with Crippen LogP contribution in [0.2, 0.25) is 5.02 Å². The number of carbonyl (C=O) groups is 1. The molecule has 0 saturated heterocycles. The van der Waals surface area contributed by atoms with Gasteiger partial charge in [0, 0.05) is 16.7 Å². The van der Waals surface area contributed by atoms with Gasteiger partial charge in [0.25, 0.3) is 5.89 Å². The van der Waals surface area contributed by atoms with Crippen LogP contribution >= 0.6 is 11.6 Å². The van der Waals surface area contributed by atoms with E-state index in [0.717, 1.165) is 16.7 Å². The molecule has 3 aromatic rings. The van der Waals surface area contributed by atoms with E-state index in [-0.39, 0.29) is 5.89 Å². The summed E-state index contributed by atoms with van der Waals surface area (Å²) in [5.41, 5.74) is 2.69. The number of rotatable bonds is 5. The van der Waals surface area contributed by atoms with E-state index in [1.54, 1.807) is 25.1 Å². The molecular weight excluding hydrogens is 352 g/mol. The highest BCUT2D eigenvalue weighted by Gasteiger charge is 2.18. The Morgan fingerprint density at radius 1 is 1.15 bits per heavy atom. The lowest BCUT2D eigenvalue weighted by molar-refractivity contribution is -0.143. The molecular formula is C20H17ClN2O3. The summed E-state index contributed by atoms with van der Waals surface area (Å²) in [6.07, 6.45) is 2.25. The highest BCUT2D eigenvalue weighted by molar-refractivity contribution is 6.32. The van der Waals surface area contributed by atoms with Gasteiger partial charge in [-0.25, -0.2) is 4.79 Å². The molecule has 0 aliphatic carbocycles. The highest BCUT2D eigenvalue weighted by atomic mass is 35.5. The van der Waals surface area contributed by atoms with Crippen LogP contribution in [0.3, 0.4) is 0 Å². The molecule has 0 radical (unpaired) electrons. The molecule has 0 saturated carbocycles. The number of ether oxygens (including phenoxy) is 1. The fourth-order valence-corrected chi connectivity index (χ4v) is 2.44. The monoisotopic (exact) mass is 368 g/mol. The summed E-state index contributed by atoms with van der Waals surface area (Å²) in [6, 6.07) is 14.9. The Balaban J connectivity index is 1.64. The number of aryl methyl sites for hydroxylation is 1. The van der Waals surface area contributed by atoms with Crippen LogP contribution in [0.4, 0.5) is 0 Å². The van der Waals surface area contributed by atoms with Gasteiger partial charge in [0.1, 0.15) is 0 Å². The molecule has 0 spiro atoms. The minimum absolute atomic E-state index is 0.236. The van der Waals surface area contributed by atoms with E-state index < -0.39 is 12.1 Å². The van der Waals surface area contributed by atoms with E-state index in [0.29, 0.717) is 10.9 Å². The number of benzene rings is 2. The first-order chi connectivity index (χ1) is 12.5. The standard InChI is InChI=1S/C20H17ClN2O3/c1-13-7-9-16(10-8-13)20-23-22-19(26-20)14(2)25-18(24)12-11-15-5-3-4-6-17(15)21/h3-12,14H,1-2H3/b12-11+/t14-/m1/s1.